The Morgan fingerprint density at radius 2 is 0.425 bits per heavy atom. The number of hydrogen-bond donors (Lipinski definition) is 0. The van der Waals surface area contributed by atoms with E-state index in [-0.39, 0.29) is 13.4 Å². The molecular weight excluding hydrogens is 1290 g/mol. The monoisotopic (exact) mass is 1350 g/mol. The number of aromatic nitrogens is 4. The van der Waals surface area contributed by atoms with Crippen molar-refractivity contribution in [2.75, 3.05) is 0 Å². The third kappa shape index (κ3) is 8.73. The summed E-state index contributed by atoms with van der Waals surface area (Å²) in [5.74, 6) is 6.89. The molecule has 8 heterocycles. The summed E-state index contributed by atoms with van der Waals surface area (Å²) in [4.78, 5) is 0. The topological polar surface area (TPSA) is 56.6 Å². The first-order valence-electron chi connectivity index (χ1n) is 36.3. The average molecular weight is 1350 g/mol. The lowest BCUT2D eigenvalue weighted by atomic mass is 9.35. The molecule has 0 atom stereocenters. The largest absolute Gasteiger partial charge is 0.458 e. The van der Waals surface area contributed by atoms with Gasteiger partial charge in [-0.2, -0.15) is 0 Å². The van der Waals surface area contributed by atoms with Gasteiger partial charge in [0.2, 0.25) is 0 Å². The third-order valence-corrected chi connectivity index (χ3v) is 22.5. The highest BCUT2D eigenvalue weighted by atomic mass is 16.5. The second kappa shape index (κ2) is 22.8. The number of rotatable bonds is 6. The molecule has 0 amide bonds. The molecular formula is C96H58B2N4O4. The van der Waals surface area contributed by atoms with Gasteiger partial charge in [0.15, 0.2) is 0 Å². The molecule has 0 saturated heterocycles. The summed E-state index contributed by atoms with van der Waals surface area (Å²) in [7, 11) is 0. The minimum atomic E-state index is 0.0441. The Labute approximate surface area is 609 Å². The SMILES string of the molecule is c1ccc(-n2c3ccccc3c3cc(-c4ccc5c(c4)c4ccccc4n5-c4cc5c6c(c4)Oc4ccccc4B6c4ccccc4O5)ccc32)cc1.c1ccc(-n2c3ccccc3c3ccc(-c4ccc5c(c4)c4ccccc4n5-c4cc5c6c(c4)Oc4ccccc4B6c4ccccc4O5)cc32)cc1. The summed E-state index contributed by atoms with van der Waals surface area (Å²) in [6.07, 6.45) is 0. The van der Waals surface area contributed by atoms with Crippen LogP contribution in [0.25, 0.3) is 132 Å². The molecule has 492 valence electrons. The normalized spacial score (nSPS) is 12.8. The van der Waals surface area contributed by atoms with Crippen LogP contribution in [0.5, 0.6) is 46.0 Å². The van der Waals surface area contributed by atoms with Crippen molar-refractivity contribution in [3.05, 3.63) is 352 Å². The van der Waals surface area contributed by atoms with Gasteiger partial charge in [-0.1, -0.05) is 212 Å². The van der Waals surface area contributed by atoms with Gasteiger partial charge in [0.1, 0.15) is 46.0 Å². The number of fused-ring (bicyclic) bond motifs is 20. The Kier molecular flexibility index (Phi) is 12.6. The zero-order valence-electron chi connectivity index (χ0n) is 57.1. The Hall–Kier alpha value is -14.0. The summed E-state index contributed by atoms with van der Waals surface area (Å²) < 4.78 is 36.2. The van der Waals surface area contributed by atoms with E-state index in [2.05, 4.69) is 346 Å². The molecule has 106 heavy (non-hydrogen) atoms. The van der Waals surface area contributed by atoms with Gasteiger partial charge in [-0.05, 0) is 159 Å². The molecule has 16 aromatic carbocycles. The van der Waals surface area contributed by atoms with Crippen LogP contribution in [-0.2, 0) is 0 Å². The average Bonchev–Trinajstić information content (AvgIpc) is 0.803. The predicted octanol–water partition coefficient (Wildman–Crippen LogP) is 20.6. The summed E-state index contributed by atoms with van der Waals surface area (Å²) in [6, 6.07) is 126. The van der Waals surface area contributed by atoms with Crippen LogP contribution in [0, 0.1) is 0 Å². The minimum Gasteiger partial charge on any atom is -0.458 e. The molecule has 4 aliphatic heterocycles. The number of nitrogens with zero attached hydrogens (tertiary/aromatic N) is 4. The second-order valence-electron chi connectivity index (χ2n) is 28.1. The van der Waals surface area contributed by atoms with Gasteiger partial charge in [-0.25, -0.2) is 0 Å². The van der Waals surface area contributed by atoms with Crippen molar-refractivity contribution in [3.63, 3.8) is 0 Å². The number of benzene rings is 16. The molecule has 8 nitrogen and oxygen atoms in total. The summed E-state index contributed by atoms with van der Waals surface area (Å²) in [5.41, 5.74) is 25.2. The molecule has 4 aromatic heterocycles. The molecule has 0 aliphatic carbocycles. The van der Waals surface area contributed by atoms with E-state index in [9.17, 15) is 0 Å². The maximum absolute atomic E-state index is 6.68. The Balaban J connectivity index is 0.000000129. The van der Waals surface area contributed by atoms with E-state index in [1.165, 1.54) is 87.4 Å². The number of para-hydroxylation sites is 10. The van der Waals surface area contributed by atoms with Gasteiger partial charge in [0, 0.05) is 89.7 Å². The molecule has 0 spiro atoms. The van der Waals surface area contributed by atoms with Crippen molar-refractivity contribution in [1.82, 2.24) is 18.3 Å². The molecule has 0 bridgehead atoms. The lowest BCUT2D eigenvalue weighted by molar-refractivity contribution is 0.463. The highest BCUT2D eigenvalue weighted by Crippen LogP contribution is 2.45. The third-order valence-electron chi connectivity index (χ3n) is 22.5. The highest BCUT2D eigenvalue weighted by Gasteiger charge is 2.42. The quantitative estimate of drug-likeness (QED) is 0.156. The molecule has 0 unspecified atom stereocenters. The van der Waals surface area contributed by atoms with Crippen molar-refractivity contribution >= 4 is 133 Å². The van der Waals surface area contributed by atoms with Crippen molar-refractivity contribution < 1.29 is 18.9 Å². The van der Waals surface area contributed by atoms with E-state index in [0.29, 0.717) is 0 Å². The van der Waals surface area contributed by atoms with Gasteiger partial charge in [-0.3, -0.25) is 0 Å². The van der Waals surface area contributed by atoms with Gasteiger partial charge in [0.25, 0.3) is 13.4 Å². The zero-order valence-corrected chi connectivity index (χ0v) is 57.1. The van der Waals surface area contributed by atoms with Gasteiger partial charge in [0.05, 0.1) is 55.5 Å². The zero-order chi connectivity index (χ0) is 69.2. The summed E-state index contributed by atoms with van der Waals surface area (Å²) >= 11 is 0. The first-order valence-corrected chi connectivity index (χ1v) is 36.3. The van der Waals surface area contributed by atoms with Gasteiger partial charge >= 0.3 is 0 Å². The van der Waals surface area contributed by atoms with E-state index < -0.39 is 0 Å². The Morgan fingerprint density at radius 3 is 0.783 bits per heavy atom. The fraction of sp³-hybridized carbons (Fsp3) is 0. The van der Waals surface area contributed by atoms with Crippen molar-refractivity contribution in [2.24, 2.45) is 0 Å². The van der Waals surface area contributed by atoms with Crippen molar-refractivity contribution in [2.45, 2.75) is 0 Å². The number of ether oxygens (including phenoxy) is 4. The summed E-state index contributed by atoms with van der Waals surface area (Å²) in [5, 5.41) is 9.80. The van der Waals surface area contributed by atoms with Crippen LogP contribution in [0.15, 0.2) is 352 Å². The molecule has 10 heteroatoms. The van der Waals surface area contributed by atoms with Crippen molar-refractivity contribution in [1.29, 1.82) is 0 Å². The molecule has 4 aliphatic rings. The molecule has 0 fully saturated rings. The maximum atomic E-state index is 6.68. The van der Waals surface area contributed by atoms with Crippen LogP contribution < -0.4 is 51.7 Å². The van der Waals surface area contributed by atoms with Gasteiger partial charge in [-0.15, -0.1) is 0 Å². The van der Waals surface area contributed by atoms with Crippen LogP contribution in [0.3, 0.4) is 0 Å². The Morgan fingerprint density at radius 1 is 0.170 bits per heavy atom. The van der Waals surface area contributed by atoms with Crippen LogP contribution in [0.1, 0.15) is 0 Å². The lowest BCUT2D eigenvalue weighted by Crippen LogP contribution is -2.57. The highest BCUT2D eigenvalue weighted by molar-refractivity contribution is 6.99. The van der Waals surface area contributed by atoms with E-state index in [1.807, 2.05) is 24.3 Å². The van der Waals surface area contributed by atoms with E-state index >= 15 is 0 Å². The van der Waals surface area contributed by atoms with Gasteiger partial charge < -0.3 is 37.2 Å². The standard InChI is InChI=1S/2C48H29BN2O2/c1-2-12-32(13-3-1)50-40-18-8-4-14-34(40)36-24-22-31(27-43(36)50)30-23-25-42-37(26-30)35-15-5-9-19-41(35)51(42)33-28-46-48-47(29-33)53-45-21-11-7-17-39(45)49(48)38-16-6-10-20-44(38)52-46;1-2-12-32(13-3-1)50-40-18-8-4-14-34(40)36-26-30(22-24-42(36)50)31-23-25-43-37(27-31)35-15-5-9-19-41(35)51(43)33-28-46-48-47(29-33)53-45-21-11-7-17-39(45)49(48)38-16-6-10-20-44(38)52-46/h2*1-29H. The fourth-order valence-corrected chi connectivity index (χ4v) is 17.9. The fourth-order valence-electron chi connectivity index (χ4n) is 17.9. The van der Waals surface area contributed by atoms with Crippen LogP contribution in [-0.4, -0.2) is 31.7 Å². The predicted molar refractivity (Wildman–Crippen MR) is 436 cm³/mol. The van der Waals surface area contributed by atoms with Crippen LogP contribution in [0.4, 0.5) is 0 Å². The van der Waals surface area contributed by atoms with E-state index in [0.717, 1.165) is 124 Å². The van der Waals surface area contributed by atoms with E-state index in [4.69, 9.17) is 18.9 Å². The molecule has 0 radical (unpaired) electrons. The van der Waals surface area contributed by atoms with Crippen LogP contribution in [0.2, 0.25) is 0 Å². The second-order valence-corrected chi connectivity index (χ2v) is 28.1. The van der Waals surface area contributed by atoms with Crippen molar-refractivity contribution in [3.8, 4) is 91.0 Å². The molecule has 20 aromatic rings. The number of hydrogen-bond acceptors (Lipinski definition) is 4. The first kappa shape index (κ1) is 58.7. The maximum Gasteiger partial charge on any atom is 0.260 e. The Bertz CT molecular complexity index is 6980. The lowest BCUT2D eigenvalue weighted by Gasteiger charge is -2.33. The molecule has 24 rings (SSSR count). The van der Waals surface area contributed by atoms with Crippen LogP contribution >= 0.6 is 0 Å². The van der Waals surface area contributed by atoms with E-state index in [1.54, 1.807) is 0 Å². The summed E-state index contributed by atoms with van der Waals surface area (Å²) in [6.45, 7) is 0.0892. The minimum absolute atomic E-state index is 0.0441. The molecule has 0 N–H and O–H groups in total. The smallest absolute Gasteiger partial charge is 0.260 e. The molecule has 0 saturated carbocycles. The first-order chi connectivity index (χ1) is 52.6.